The van der Waals surface area contributed by atoms with E-state index >= 15 is 0 Å². The van der Waals surface area contributed by atoms with E-state index < -0.39 is 18.1 Å². The second-order valence-corrected chi connectivity index (χ2v) is 4.44. The Labute approximate surface area is 96.4 Å². The van der Waals surface area contributed by atoms with E-state index in [2.05, 4.69) is 0 Å². The Morgan fingerprint density at radius 3 is 2.06 bits per heavy atom. The summed E-state index contributed by atoms with van der Waals surface area (Å²) in [5, 5.41) is 29.2. The smallest absolute Gasteiger partial charge is 0.0865 e. The third kappa shape index (κ3) is 3.04. The van der Waals surface area contributed by atoms with Crippen LogP contribution in [0.25, 0.3) is 0 Å². The van der Waals surface area contributed by atoms with Crippen molar-refractivity contribution in [1.29, 1.82) is 0 Å². The van der Waals surface area contributed by atoms with E-state index in [4.69, 9.17) is 0 Å². The molecule has 1 aromatic carbocycles. The predicted molar refractivity (Wildman–Crippen MR) is 62.8 cm³/mol. The third-order valence-corrected chi connectivity index (χ3v) is 2.88. The summed E-state index contributed by atoms with van der Waals surface area (Å²) in [6.45, 7) is 3.51. The first-order valence-corrected chi connectivity index (χ1v) is 5.59. The van der Waals surface area contributed by atoms with Crippen LogP contribution in [0.1, 0.15) is 25.5 Å². The second kappa shape index (κ2) is 5.99. The van der Waals surface area contributed by atoms with Crippen molar-refractivity contribution in [3.05, 3.63) is 35.9 Å². The lowest BCUT2D eigenvalue weighted by molar-refractivity contribution is -0.0375. The Morgan fingerprint density at radius 1 is 1.06 bits per heavy atom. The Kier molecular flexibility index (Phi) is 4.93. The van der Waals surface area contributed by atoms with Crippen molar-refractivity contribution >= 4 is 0 Å². The van der Waals surface area contributed by atoms with Crippen molar-refractivity contribution in [3.8, 4) is 0 Å². The molecule has 0 aliphatic rings. The SMILES string of the molecule is CC(C)[C@H](O)[C@H](CO)[C@@H](O)c1ccccc1. The van der Waals surface area contributed by atoms with Gasteiger partial charge in [-0.15, -0.1) is 0 Å². The molecule has 0 aliphatic heterocycles. The molecule has 0 fully saturated rings. The fourth-order valence-electron chi connectivity index (χ4n) is 1.79. The highest BCUT2D eigenvalue weighted by Crippen LogP contribution is 2.27. The molecule has 0 amide bonds. The largest absolute Gasteiger partial charge is 0.396 e. The minimum Gasteiger partial charge on any atom is -0.396 e. The van der Waals surface area contributed by atoms with Crippen molar-refractivity contribution in [1.82, 2.24) is 0 Å². The molecule has 1 aromatic rings. The van der Waals surface area contributed by atoms with Crippen LogP contribution in [-0.2, 0) is 0 Å². The summed E-state index contributed by atoms with van der Waals surface area (Å²) in [7, 11) is 0. The van der Waals surface area contributed by atoms with Gasteiger partial charge in [-0.05, 0) is 11.5 Å². The number of hydrogen-bond donors (Lipinski definition) is 3. The summed E-state index contributed by atoms with van der Waals surface area (Å²) in [6.07, 6.45) is -1.54. The normalized spacial score (nSPS) is 17.1. The van der Waals surface area contributed by atoms with Crippen LogP contribution in [-0.4, -0.2) is 28.0 Å². The molecule has 0 saturated carbocycles. The first-order chi connectivity index (χ1) is 7.57. The van der Waals surface area contributed by atoms with Crippen LogP contribution in [0.15, 0.2) is 30.3 Å². The third-order valence-electron chi connectivity index (χ3n) is 2.88. The van der Waals surface area contributed by atoms with Crippen LogP contribution in [0.5, 0.6) is 0 Å². The summed E-state index contributed by atoms with van der Waals surface area (Å²) in [6, 6.07) is 9.10. The zero-order chi connectivity index (χ0) is 12.1. The quantitative estimate of drug-likeness (QED) is 0.707. The minimum absolute atomic E-state index is 0.00973. The second-order valence-electron chi connectivity index (χ2n) is 4.44. The van der Waals surface area contributed by atoms with Gasteiger partial charge in [0, 0.05) is 5.92 Å². The Balaban J connectivity index is 2.81. The maximum Gasteiger partial charge on any atom is 0.0865 e. The average Bonchev–Trinajstić information content (AvgIpc) is 2.30. The molecular weight excluding hydrogens is 204 g/mol. The summed E-state index contributed by atoms with van der Waals surface area (Å²) >= 11 is 0. The van der Waals surface area contributed by atoms with Crippen molar-refractivity contribution in [3.63, 3.8) is 0 Å². The van der Waals surface area contributed by atoms with Gasteiger partial charge < -0.3 is 15.3 Å². The standard InChI is InChI=1S/C13H20O3/c1-9(2)12(15)11(8-14)13(16)10-6-4-3-5-7-10/h3-7,9,11-16H,8H2,1-2H3/t11-,12-,13-/m0/s1. The van der Waals surface area contributed by atoms with E-state index in [9.17, 15) is 15.3 Å². The van der Waals surface area contributed by atoms with E-state index in [0.717, 1.165) is 5.56 Å². The van der Waals surface area contributed by atoms with E-state index in [1.807, 2.05) is 32.0 Å². The van der Waals surface area contributed by atoms with Crippen LogP contribution < -0.4 is 0 Å². The minimum atomic E-state index is -0.830. The summed E-state index contributed by atoms with van der Waals surface area (Å²) in [5.41, 5.74) is 0.723. The van der Waals surface area contributed by atoms with Gasteiger partial charge >= 0.3 is 0 Å². The molecule has 0 bridgehead atoms. The predicted octanol–water partition coefficient (Wildman–Crippen LogP) is 1.35. The Bertz CT molecular complexity index is 297. The van der Waals surface area contributed by atoms with Gasteiger partial charge in [0.15, 0.2) is 0 Å². The summed E-state index contributed by atoms with van der Waals surface area (Å²) in [4.78, 5) is 0. The van der Waals surface area contributed by atoms with Crippen LogP contribution in [0, 0.1) is 11.8 Å². The molecule has 0 aliphatic carbocycles. The molecule has 3 nitrogen and oxygen atoms in total. The molecule has 0 radical (unpaired) electrons. The zero-order valence-corrected chi connectivity index (χ0v) is 9.74. The van der Waals surface area contributed by atoms with Gasteiger partial charge in [0.25, 0.3) is 0 Å². The van der Waals surface area contributed by atoms with Crippen molar-refractivity contribution < 1.29 is 15.3 Å². The lowest BCUT2D eigenvalue weighted by Gasteiger charge is -2.28. The first kappa shape index (κ1) is 13.2. The van der Waals surface area contributed by atoms with Gasteiger partial charge in [-0.25, -0.2) is 0 Å². The van der Waals surface area contributed by atoms with Crippen molar-refractivity contribution in [2.24, 2.45) is 11.8 Å². The Morgan fingerprint density at radius 2 is 1.62 bits per heavy atom. The molecule has 0 heterocycles. The highest BCUT2D eigenvalue weighted by Gasteiger charge is 2.29. The van der Waals surface area contributed by atoms with E-state index in [0.29, 0.717) is 0 Å². The van der Waals surface area contributed by atoms with Gasteiger partial charge in [-0.1, -0.05) is 44.2 Å². The lowest BCUT2D eigenvalue weighted by atomic mass is 9.86. The van der Waals surface area contributed by atoms with Gasteiger partial charge in [0.2, 0.25) is 0 Å². The monoisotopic (exact) mass is 224 g/mol. The van der Waals surface area contributed by atoms with Gasteiger partial charge in [-0.3, -0.25) is 0 Å². The highest BCUT2D eigenvalue weighted by molar-refractivity contribution is 5.18. The topological polar surface area (TPSA) is 60.7 Å². The molecule has 90 valence electrons. The average molecular weight is 224 g/mol. The summed E-state index contributed by atoms with van der Waals surface area (Å²) < 4.78 is 0. The highest BCUT2D eigenvalue weighted by atomic mass is 16.3. The molecule has 1 rings (SSSR count). The molecule has 16 heavy (non-hydrogen) atoms. The van der Waals surface area contributed by atoms with Crippen molar-refractivity contribution in [2.75, 3.05) is 6.61 Å². The number of aliphatic hydroxyl groups is 3. The Hall–Kier alpha value is -0.900. The molecule has 0 saturated heterocycles. The maximum atomic E-state index is 10.1. The number of benzene rings is 1. The fourth-order valence-corrected chi connectivity index (χ4v) is 1.79. The molecule has 3 heteroatoms. The molecule has 0 aromatic heterocycles. The number of hydrogen-bond acceptors (Lipinski definition) is 3. The van der Waals surface area contributed by atoms with Crippen molar-refractivity contribution in [2.45, 2.75) is 26.1 Å². The number of aliphatic hydroxyl groups excluding tert-OH is 3. The molecule has 3 N–H and O–H groups in total. The van der Waals surface area contributed by atoms with Crippen LogP contribution in [0.4, 0.5) is 0 Å². The summed E-state index contributed by atoms with van der Waals surface area (Å²) in [5.74, 6) is -0.530. The van der Waals surface area contributed by atoms with Gasteiger partial charge in [0.1, 0.15) is 0 Å². The molecule has 3 atom stereocenters. The van der Waals surface area contributed by atoms with Crippen LogP contribution in [0.3, 0.4) is 0 Å². The van der Waals surface area contributed by atoms with Crippen LogP contribution >= 0.6 is 0 Å². The molecule has 0 spiro atoms. The first-order valence-electron chi connectivity index (χ1n) is 5.59. The fraction of sp³-hybridized carbons (Fsp3) is 0.538. The van der Waals surface area contributed by atoms with E-state index in [1.165, 1.54) is 0 Å². The van der Waals surface area contributed by atoms with Crippen LogP contribution in [0.2, 0.25) is 0 Å². The molecule has 0 unspecified atom stereocenters. The van der Waals surface area contributed by atoms with Gasteiger partial charge in [-0.2, -0.15) is 0 Å². The van der Waals surface area contributed by atoms with E-state index in [1.54, 1.807) is 12.1 Å². The van der Waals surface area contributed by atoms with Gasteiger partial charge in [0.05, 0.1) is 18.8 Å². The maximum absolute atomic E-state index is 10.1. The molecular formula is C13H20O3. The zero-order valence-electron chi connectivity index (χ0n) is 9.74. The number of rotatable bonds is 5. The van der Waals surface area contributed by atoms with E-state index in [-0.39, 0.29) is 12.5 Å². The lowest BCUT2D eigenvalue weighted by Crippen LogP contribution is -2.33.